The number of rotatable bonds is 26. The van der Waals surface area contributed by atoms with Gasteiger partial charge in [-0.15, -0.1) is 10.2 Å². The maximum Gasteiger partial charge on any atom is 0.410 e. The number of ether oxygens (including phenoxy) is 12. The number of ketones is 4. The lowest BCUT2D eigenvalue weighted by molar-refractivity contribution is -0.289. The lowest BCUT2D eigenvalue weighted by atomic mass is 9.73. The average Bonchev–Trinajstić information content (AvgIpc) is 1.54. The molecule has 0 aliphatic carbocycles. The number of alkyl halides is 1. The Bertz CT molecular complexity index is 5050. The summed E-state index contributed by atoms with van der Waals surface area (Å²) < 4.78 is 95.9. The number of cyclic esters (lactones) is 2. The minimum atomic E-state index is -3.24. The summed E-state index contributed by atoms with van der Waals surface area (Å²) >= 11 is 0. The number of amides is 2. The zero-order valence-electron chi connectivity index (χ0n) is 80.2. The molecule has 726 valence electrons. The van der Waals surface area contributed by atoms with Gasteiger partial charge in [0.1, 0.15) is 41.1 Å². The molecule has 0 spiro atoms. The normalized spacial score (nSPS) is 33.8. The number of carbonyl (C=O) groups excluding carboxylic acids is 10. The van der Waals surface area contributed by atoms with E-state index in [9.17, 15) is 47.9 Å². The number of benzene rings is 4. The molecule has 6 fully saturated rings. The van der Waals surface area contributed by atoms with E-state index in [0.29, 0.717) is 79.9 Å². The number of hydrogen-bond donors (Lipinski definition) is 4. The Morgan fingerprint density at radius 1 is 0.511 bits per heavy atom. The highest BCUT2D eigenvalue weighted by Gasteiger charge is 2.64. The molecule has 6 aliphatic rings. The van der Waals surface area contributed by atoms with E-state index < -0.39 is 197 Å². The van der Waals surface area contributed by atoms with Gasteiger partial charge in [-0.1, -0.05) is 126 Å². The van der Waals surface area contributed by atoms with Crippen molar-refractivity contribution < 1.29 is 109 Å². The van der Waals surface area contributed by atoms with Gasteiger partial charge in [0.05, 0.1) is 83.3 Å². The first-order valence-corrected chi connectivity index (χ1v) is 46.4. The Hall–Kier alpha value is -10.5. The summed E-state index contributed by atoms with van der Waals surface area (Å²) in [5, 5.41) is 23.5. The molecule has 133 heavy (non-hydrogen) atoms. The predicted molar refractivity (Wildman–Crippen MR) is 488 cm³/mol. The van der Waals surface area contributed by atoms with E-state index in [1.807, 2.05) is 62.6 Å². The lowest BCUT2D eigenvalue weighted by Crippen LogP contribution is -2.62. The van der Waals surface area contributed by atoms with Crippen LogP contribution < -0.4 is 22.1 Å². The van der Waals surface area contributed by atoms with Crippen LogP contribution in [0.4, 0.5) is 25.4 Å². The Kier molecular flexibility index (Phi) is 34.0. The van der Waals surface area contributed by atoms with Crippen molar-refractivity contribution in [3.05, 3.63) is 133 Å². The molecule has 2 aromatic heterocycles. The number of nitrogens with one attached hydrogen (secondary N) is 2. The number of nitrogens with zero attached hydrogens (tertiary/aromatic N) is 8. The minimum Gasteiger partial charge on any atom is -0.458 e. The van der Waals surface area contributed by atoms with Crippen LogP contribution in [-0.4, -0.2) is 254 Å². The van der Waals surface area contributed by atoms with Crippen molar-refractivity contribution in [2.75, 3.05) is 52.9 Å². The molecule has 0 saturated carbocycles. The summed E-state index contributed by atoms with van der Waals surface area (Å²) in [6, 6.07) is 29.0. The lowest BCUT2D eigenvalue weighted by Gasteiger charge is -2.47. The standard InChI is InChI=1S/C49H67FN6O11.C49H68N6O11/c1-11-37-49(8)40(56(46(61)67-49)23-16-15-22-55-27-36(53-54-55)33-20-17-21-34(51)25-33)30(4)38(57)28(2)26-47(6,62-10)42(31(5)41(58)48(7,50)45(60)64-37)66-44-39(35(52-9)24-29(3)63-44)65-43(59)32-18-13-12-14-19-32;1-11-38-49(8)42(55(47(60)66-49)23-16-15-22-54-27-37(52-53-54)34-20-17-21-35(50)25-34)30(4)39(56)28(2)26-48(7,61-10)43(31(5)40(57)32(6)44(58)63-38)65-46-41(36(51-9)24-29(3)62-46)64-45(59)33-18-13-12-14-19-33/h12-14,17-21,25,27-31,35,37,39-40,42,44,52H,11,15-16,22-24,26,51H2,1-10H3;12-14,17-21,25,27-32,36,38,41-43,46,51H,11,15-16,22-24,26,50H2,1-10H3/t28-,29-,30+,31+,35+,37-,39-,40-,42-,44+,47+,48+,49-;28-,29-,30+,31+,32-,36+,38-,41-,42-,43-,46+,48+,49-/m11/s1. The van der Waals surface area contributed by atoms with E-state index in [1.54, 1.807) is 177 Å². The molecule has 12 rings (SSSR count). The van der Waals surface area contributed by atoms with Gasteiger partial charge in [-0.05, 0) is 182 Å². The van der Waals surface area contributed by atoms with Crippen molar-refractivity contribution in [2.45, 2.75) is 302 Å². The van der Waals surface area contributed by atoms with Gasteiger partial charge in [0, 0.05) is 98.4 Å². The molecule has 0 radical (unpaired) electrons. The molecule has 2 amide bonds. The number of nitrogen functional groups attached to an aromatic ring is 2. The Balaban J connectivity index is 0.000000256. The fourth-order valence-corrected chi connectivity index (χ4v) is 20.4. The maximum absolute atomic E-state index is 17.2. The summed E-state index contributed by atoms with van der Waals surface area (Å²) in [4.78, 5) is 145. The number of methoxy groups -OCH3 is 2. The number of esters is 4. The van der Waals surface area contributed by atoms with E-state index in [1.165, 1.54) is 33.0 Å². The number of Topliss-reactive ketones (excluding diaryl/α,β-unsaturated/α-hetero) is 4. The Labute approximate surface area is 777 Å². The van der Waals surface area contributed by atoms with Crippen LogP contribution in [0, 0.1) is 41.4 Å². The highest BCUT2D eigenvalue weighted by atomic mass is 19.1. The smallest absolute Gasteiger partial charge is 0.410 e. The molecule has 6 saturated heterocycles. The van der Waals surface area contributed by atoms with Crippen LogP contribution in [0.1, 0.15) is 196 Å². The first kappa shape index (κ1) is 103. The van der Waals surface area contributed by atoms with Gasteiger partial charge in [0.2, 0.25) is 0 Å². The van der Waals surface area contributed by atoms with E-state index in [0.717, 1.165) is 18.1 Å². The number of halogens is 1. The van der Waals surface area contributed by atoms with Gasteiger partial charge < -0.3 is 88.7 Å². The molecule has 34 nitrogen and oxygen atoms in total. The first-order valence-electron chi connectivity index (χ1n) is 46.4. The maximum atomic E-state index is 17.2. The molecule has 6 aromatic rings. The summed E-state index contributed by atoms with van der Waals surface area (Å²) in [7, 11) is 6.34. The van der Waals surface area contributed by atoms with Gasteiger partial charge in [0.15, 0.2) is 47.6 Å². The largest absolute Gasteiger partial charge is 0.458 e. The van der Waals surface area contributed by atoms with E-state index >= 15 is 4.39 Å². The topological polar surface area (TPSA) is 425 Å². The molecule has 0 unspecified atom stereocenters. The molecule has 8 heterocycles. The number of likely N-dealkylation sites (N-methyl/N-ethyl adjacent to an activating group) is 2. The zero-order valence-corrected chi connectivity index (χ0v) is 80.2. The number of fused-ring (bicyclic) bond motifs is 2. The molecule has 26 atom stereocenters. The molecular weight excluding hydrogens is 1720 g/mol. The van der Waals surface area contributed by atoms with Crippen LogP contribution in [-0.2, 0) is 98.7 Å². The molecular formula is C98H135FN12O22. The number of hydrogen-bond acceptors (Lipinski definition) is 30. The number of carbonyl (C=O) groups is 10. The van der Waals surface area contributed by atoms with E-state index in [4.69, 9.17) is 68.3 Å². The quantitative estimate of drug-likeness (QED) is 0.0129. The van der Waals surface area contributed by atoms with Crippen molar-refractivity contribution in [3.63, 3.8) is 0 Å². The second-order valence-corrected chi connectivity index (χ2v) is 37.6. The van der Waals surface area contributed by atoms with Crippen molar-refractivity contribution in [1.29, 1.82) is 0 Å². The van der Waals surface area contributed by atoms with Crippen molar-refractivity contribution >= 4 is 70.6 Å². The monoisotopic (exact) mass is 1850 g/mol. The van der Waals surface area contributed by atoms with Crippen molar-refractivity contribution in [2.24, 2.45) is 41.4 Å². The van der Waals surface area contributed by atoms with Gasteiger partial charge in [0.25, 0.3) is 5.67 Å². The van der Waals surface area contributed by atoms with Crippen LogP contribution in [0.15, 0.2) is 122 Å². The second kappa shape index (κ2) is 43.9. The third-order valence-electron chi connectivity index (χ3n) is 27.8. The average molecular weight is 1850 g/mol. The fourth-order valence-electron chi connectivity index (χ4n) is 20.4. The van der Waals surface area contributed by atoms with Crippen LogP contribution in [0.25, 0.3) is 22.5 Å². The summed E-state index contributed by atoms with van der Waals surface area (Å²) in [6.45, 7) is 27.6. The SMILES string of the molecule is CC[C@H]1OC(=O)[C@@](C)(F)C(=O)[C@H](C)[C@@H](O[C@@H]2O[C@H](C)C[C@H](NC)[C@H]2OC(=O)c2ccccc2)[C@@](C)(OC)C[C@@H](C)C(=O)[C@H](C)[C@H]2N(CCCCn3cc(-c4cccc(N)c4)nn3)C(=O)O[C@]12C.CC[C@H]1OC(=O)[C@H](C)C(=O)[C@H](C)[C@@H](O[C@@H]2O[C@H](C)C[C@H](NC)[C@H]2OC(=O)c2ccccc2)[C@@](C)(OC)C[C@@H](C)C(=O)[C@H](C)[C@H]2N(CCCCn3cc(-c4cccc(N)c4)nn3)C(=O)O[C@]12C. The number of aromatic nitrogens is 6. The summed E-state index contributed by atoms with van der Waals surface area (Å²) in [5.74, 6) is -12.6. The van der Waals surface area contributed by atoms with Crippen LogP contribution in [0.3, 0.4) is 0 Å². The van der Waals surface area contributed by atoms with Gasteiger partial charge in [-0.3, -0.25) is 33.3 Å². The summed E-state index contributed by atoms with van der Waals surface area (Å²) in [5.41, 5.74) is 7.58. The number of nitrogens with two attached hydrogens (primary N) is 2. The molecule has 35 heteroatoms. The number of anilines is 2. The summed E-state index contributed by atoms with van der Waals surface area (Å²) in [6.07, 6.45) is -4.39. The predicted octanol–water partition coefficient (Wildman–Crippen LogP) is 12.2. The number of unbranched alkanes of at least 4 members (excludes halogenated alkanes) is 2. The van der Waals surface area contributed by atoms with Crippen LogP contribution >= 0.6 is 0 Å². The van der Waals surface area contributed by atoms with Crippen LogP contribution in [0.2, 0.25) is 0 Å². The van der Waals surface area contributed by atoms with Crippen molar-refractivity contribution in [1.82, 2.24) is 50.4 Å². The second-order valence-electron chi connectivity index (χ2n) is 37.6. The highest BCUT2D eigenvalue weighted by molar-refractivity contribution is 6.08. The van der Waals surface area contributed by atoms with E-state index in [2.05, 4.69) is 31.3 Å². The van der Waals surface area contributed by atoms with E-state index in [-0.39, 0.29) is 62.0 Å². The third-order valence-corrected chi connectivity index (χ3v) is 27.8. The van der Waals surface area contributed by atoms with Gasteiger partial charge >= 0.3 is 36.1 Å². The molecule has 4 aromatic carbocycles. The third kappa shape index (κ3) is 22.8. The molecule has 6 N–H and O–H groups in total. The van der Waals surface area contributed by atoms with Crippen molar-refractivity contribution in [3.8, 4) is 22.5 Å². The van der Waals surface area contributed by atoms with Gasteiger partial charge in [-0.25, -0.2) is 28.4 Å². The fraction of sp³-hybridized carbons (Fsp3) is 0.612. The zero-order chi connectivity index (χ0) is 97.1. The molecule has 0 bridgehead atoms. The molecule has 6 aliphatic heterocycles. The Morgan fingerprint density at radius 2 is 0.902 bits per heavy atom. The van der Waals surface area contributed by atoms with Crippen LogP contribution in [0.5, 0.6) is 0 Å². The Morgan fingerprint density at radius 3 is 1.29 bits per heavy atom. The number of aryl methyl sites for hydroxylation is 2. The van der Waals surface area contributed by atoms with Gasteiger partial charge in [-0.2, -0.15) is 0 Å². The highest BCUT2D eigenvalue weighted by Crippen LogP contribution is 2.47. The first-order chi connectivity index (χ1) is 63.0. The minimum absolute atomic E-state index is 0.0538.